The van der Waals surface area contributed by atoms with E-state index in [-0.39, 0.29) is 6.23 Å². The Morgan fingerprint density at radius 1 is 1.36 bits per heavy atom. The molecular weight excluding hydrogens is 176 g/mol. The second kappa shape index (κ2) is 2.82. The van der Waals surface area contributed by atoms with Gasteiger partial charge in [0.05, 0.1) is 5.69 Å². The maximum absolute atomic E-state index is 9.70. The van der Waals surface area contributed by atoms with E-state index in [1.54, 1.807) is 0 Å². The summed E-state index contributed by atoms with van der Waals surface area (Å²) in [6.07, 6.45) is 1.38. The molecule has 1 fully saturated rings. The molecule has 0 aromatic heterocycles. The molecule has 2 aliphatic rings. The maximum atomic E-state index is 9.70. The molecule has 14 heavy (non-hydrogen) atoms. The molecule has 0 aliphatic carbocycles. The van der Waals surface area contributed by atoms with Crippen molar-refractivity contribution in [1.82, 2.24) is 4.90 Å². The van der Waals surface area contributed by atoms with Gasteiger partial charge in [0.15, 0.2) is 0 Å². The van der Waals surface area contributed by atoms with Crippen LogP contribution in [0.5, 0.6) is 0 Å². The second-order valence-corrected chi connectivity index (χ2v) is 3.80. The first-order valence-electron chi connectivity index (χ1n) is 4.95. The number of hydrogen-bond acceptors (Lipinski definition) is 3. The van der Waals surface area contributed by atoms with Gasteiger partial charge in [-0.15, -0.1) is 0 Å². The zero-order valence-corrected chi connectivity index (χ0v) is 7.85. The summed E-state index contributed by atoms with van der Waals surface area (Å²) in [5.41, 5.74) is 2.27. The standard InChI is InChI=1S/C11H12N2O/c14-11-6-5-10-12-9-4-2-1-3-8(9)7-13(10)11/h1-4,11,14H,5-7H2. The minimum absolute atomic E-state index is 0.331. The molecule has 1 aromatic rings. The van der Waals surface area contributed by atoms with Crippen LogP contribution in [0.2, 0.25) is 0 Å². The molecule has 0 spiro atoms. The summed E-state index contributed by atoms with van der Waals surface area (Å²) in [5.74, 6) is 1.04. The van der Waals surface area contributed by atoms with Crippen molar-refractivity contribution in [1.29, 1.82) is 0 Å². The molecule has 0 amide bonds. The molecule has 1 aromatic carbocycles. The van der Waals surface area contributed by atoms with E-state index in [0.29, 0.717) is 0 Å². The summed E-state index contributed by atoms with van der Waals surface area (Å²) < 4.78 is 0. The molecule has 3 heteroatoms. The lowest BCUT2D eigenvalue weighted by molar-refractivity contribution is 0.0624. The van der Waals surface area contributed by atoms with Gasteiger partial charge in [-0.25, -0.2) is 4.99 Å². The lowest BCUT2D eigenvalue weighted by Crippen LogP contribution is -2.33. The van der Waals surface area contributed by atoms with Gasteiger partial charge < -0.3 is 10.0 Å². The lowest BCUT2D eigenvalue weighted by Gasteiger charge is -2.27. The van der Waals surface area contributed by atoms with Gasteiger partial charge in [-0.3, -0.25) is 0 Å². The average molecular weight is 188 g/mol. The van der Waals surface area contributed by atoms with E-state index in [1.165, 1.54) is 5.56 Å². The van der Waals surface area contributed by atoms with Crippen molar-refractivity contribution in [2.24, 2.45) is 4.99 Å². The quantitative estimate of drug-likeness (QED) is 0.672. The van der Waals surface area contributed by atoms with Crippen LogP contribution in [0.25, 0.3) is 0 Å². The summed E-state index contributed by atoms with van der Waals surface area (Å²) in [4.78, 5) is 6.53. The molecule has 1 N–H and O–H groups in total. The number of aliphatic hydroxyl groups is 1. The maximum Gasteiger partial charge on any atom is 0.128 e. The van der Waals surface area contributed by atoms with Crippen LogP contribution in [0.15, 0.2) is 29.3 Å². The van der Waals surface area contributed by atoms with Gasteiger partial charge in [0, 0.05) is 13.0 Å². The van der Waals surface area contributed by atoms with E-state index in [4.69, 9.17) is 0 Å². The first kappa shape index (κ1) is 8.00. The first-order valence-corrected chi connectivity index (χ1v) is 4.95. The molecule has 1 saturated heterocycles. The number of amidine groups is 1. The minimum Gasteiger partial charge on any atom is -0.374 e. The largest absolute Gasteiger partial charge is 0.374 e. The van der Waals surface area contributed by atoms with Gasteiger partial charge in [-0.2, -0.15) is 0 Å². The topological polar surface area (TPSA) is 35.8 Å². The van der Waals surface area contributed by atoms with Gasteiger partial charge >= 0.3 is 0 Å². The molecular formula is C11H12N2O. The van der Waals surface area contributed by atoms with Crippen LogP contribution in [-0.2, 0) is 6.54 Å². The van der Waals surface area contributed by atoms with Gasteiger partial charge in [-0.1, -0.05) is 18.2 Å². The van der Waals surface area contributed by atoms with E-state index in [9.17, 15) is 5.11 Å². The van der Waals surface area contributed by atoms with Crippen molar-refractivity contribution in [3.05, 3.63) is 29.8 Å². The van der Waals surface area contributed by atoms with Crippen molar-refractivity contribution in [2.45, 2.75) is 25.6 Å². The van der Waals surface area contributed by atoms with Gasteiger partial charge in [-0.05, 0) is 18.1 Å². The third-order valence-electron chi connectivity index (χ3n) is 2.90. The normalized spacial score (nSPS) is 24.2. The Morgan fingerprint density at radius 3 is 3.14 bits per heavy atom. The molecule has 3 nitrogen and oxygen atoms in total. The Labute approximate surface area is 82.7 Å². The zero-order chi connectivity index (χ0) is 9.54. The Bertz CT molecular complexity index is 400. The van der Waals surface area contributed by atoms with E-state index < -0.39 is 0 Å². The van der Waals surface area contributed by atoms with E-state index in [1.807, 2.05) is 23.1 Å². The molecule has 2 heterocycles. The van der Waals surface area contributed by atoms with Crippen LogP contribution in [0.1, 0.15) is 18.4 Å². The van der Waals surface area contributed by atoms with Crippen LogP contribution < -0.4 is 0 Å². The van der Waals surface area contributed by atoms with E-state index >= 15 is 0 Å². The van der Waals surface area contributed by atoms with Crippen molar-refractivity contribution < 1.29 is 5.11 Å². The number of fused-ring (bicyclic) bond motifs is 2. The Hall–Kier alpha value is -1.35. The summed E-state index contributed by atoms with van der Waals surface area (Å²) >= 11 is 0. The SMILES string of the molecule is OC1CCC2=Nc3ccccc3CN21. The van der Waals surface area contributed by atoms with Gasteiger partial charge in [0.25, 0.3) is 0 Å². The lowest BCUT2D eigenvalue weighted by atomic mass is 10.1. The Morgan fingerprint density at radius 2 is 2.21 bits per heavy atom. The van der Waals surface area contributed by atoms with Crippen LogP contribution in [0.4, 0.5) is 5.69 Å². The number of aliphatic hydroxyl groups excluding tert-OH is 1. The summed E-state index contributed by atoms with van der Waals surface area (Å²) in [7, 11) is 0. The van der Waals surface area contributed by atoms with Crippen LogP contribution in [0, 0.1) is 0 Å². The summed E-state index contributed by atoms with van der Waals surface area (Å²) in [6, 6.07) is 8.12. The number of hydrogen-bond donors (Lipinski definition) is 1. The van der Waals surface area contributed by atoms with Crippen molar-refractivity contribution in [3.8, 4) is 0 Å². The zero-order valence-electron chi connectivity index (χ0n) is 7.85. The smallest absolute Gasteiger partial charge is 0.128 e. The number of para-hydroxylation sites is 1. The summed E-state index contributed by atoms with van der Waals surface area (Å²) in [6.45, 7) is 0.802. The predicted octanol–water partition coefficient (Wildman–Crippen LogP) is 1.64. The fraction of sp³-hybridized carbons (Fsp3) is 0.364. The first-order chi connectivity index (χ1) is 6.84. The highest BCUT2D eigenvalue weighted by atomic mass is 16.3. The molecule has 72 valence electrons. The highest BCUT2D eigenvalue weighted by Crippen LogP contribution is 2.31. The fourth-order valence-corrected chi connectivity index (χ4v) is 2.12. The van der Waals surface area contributed by atoms with Crippen LogP contribution >= 0.6 is 0 Å². The van der Waals surface area contributed by atoms with Crippen LogP contribution in [-0.4, -0.2) is 22.1 Å². The monoisotopic (exact) mass is 188 g/mol. The Balaban J connectivity index is 2.07. The highest BCUT2D eigenvalue weighted by molar-refractivity contribution is 5.88. The van der Waals surface area contributed by atoms with Crippen molar-refractivity contribution in [2.75, 3.05) is 0 Å². The van der Waals surface area contributed by atoms with Gasteiger partial charge in [0.2, 0.25) is 0 Å². The minimum atomic E-state index is -0.331. The van der Waals surface area contributed by atoms with Crippen molar-refractivity contribution >= 4 is 11.5 Å². The van der Waals surface area contributed by atoms with E-state index in [2.05, 4.69) is 11.1 Å². The molecule has 0 bridgehead atoms. The fourth-order valence-electron chi connectivity index (χ4n) is 2.12. The van der Waals surface area contributed by atoms with Crippen molar-refractivity contribution in [3.63, 3.8) is 0 Å². The molecule has 1 unspecified atom stereocenters. The highest BCUT2D eigenvalue weighted by Gasteiger charge is 2.30. The molecule has 1 atom stereocenters. The number of benzene rings is 1. The molecule has 2 aliphatic heterocycles. The Kier molecular flexibility index (Phi) is 1.61. The van der Waals surface area contributed by atoms with E-state index in [0.717, 1.165) is 30.9 Å². The third kappa shape index (κ3) is 1.06. The number of rotatable bonds is 0. The number of nitrogens with zero attached hydrogens (tertiary/aromatic N) is 2. The predicted molar refractivity (Wildman–Crippen MR) is 54.3 cm³/mol. The second-order valence-electron chi connectivity index (χ2n) is 3.80. The van der Waals surface area contributed by atoms with Crippen LogP contribution in [0.3, 0.4) is 0 Å². The summed E-state index contributed by atoms with van der Waals surface area (Å²) in [5, 5.41) is 9.70. The molecule has 0 radical (unpaired) electrons. The average Bonchev–Trinajstić information content (AvgIpc) is 2.57. The molecule has 0 saturated carbocycles. The molecule has 3 rings (SSSR count). The van der Waals surface area contributed by atoms with Gasteiger partial charge in [0.1, 0.15) is 12.1 Å². The number of aliphatic imine (C=N–C) groups is 1. The third-order valence-corrected chi connectivity index (χ3v) is 2.90.